The Bertz CT molecular complexity index is 861. The Morgan fingerprint density at radius 3 is 2.62 bits per heavy atom. The van der Waals surface area contributed by atoms with Gasteiger partial charge in [0.2, 0.25) is 5.91 Å². The number of anilines is 1. The van der Waals surface area contributed by atoms with E-state index in [2.05, 4.69) is 0 Å². The predicted octanol–water partition coefficient (Wildman–Crippen LogP) is 2.20. The zero-order chi connectivity index (χ0) is 17.2. The highest BCUT2D eigenvalue weighted by Gasteiger charge is 2.28. The number of sulfone groups is 1. The van der Waals surface area contributed by atoms with E-state index >= 15 is 0 Å². The molecule has 126 valence electrons. The molecule has 6 heteroatoms. The molecule has 1 aliphatic heterocycles. The molecular weight excluding hydrogens is 326 g/mol. The fraction of sp³-hybridized carbons (Fsp3) is 0.278. The van der Waals surface area contributed by atoms with E-state index in [0.29, 0.717) is 17.9 Å². The van der Waals surface area contributed by atoms with Crippen LogP contribution in [0.3, 0.4) is 0 Å². The van der Waals surface area contributed by atoms with Crippen molar-refractivity contribution in [2.24, 2.45) is 0 Å². The van der Waals surface area contributed by atoms with Crippen LogP contribution in [0.5, 0.6) is 5.75 Å². The van der Waals surface area contributed by atoms with Gasteiger partial charge in [-0.3, -0.25) is 4.79 Å². The fourth-order valence-corrected chi connectivity index (χ4v) is 4.32. The second-order valence-corrected chi connectivity index (χ2v) is 7.83. The molecule has 3 rings (SSSR count). The van der Waals surface area contributed by atoms with Crippen LogP contribution in [-0.4, -0.2) is 33.7 Å². The Morgan fingerprint density at radius 2 is 1.83 bits per heavy atom. The minimum Gasteiger partial charge on any atom is -0.496 e. The van der Waals surface area contributed by atoms with Crippen molar-refractivity contribution in [2.45, 2.75) is 12.2 Å². The van der Waals surface area contributed by atoms with E-state index in [1.165, 1.54) is 7.11 Å². The summed E-state index contributed by atoms with van der Waals surface area (Å²) in [5.41, 5.74) is 2.46. The summed E-state index contributed by atoms with van der Waals surface area (Å²) in [7, 11) is -2.08. The molecule has 0 spiro atoms. The second-order valence-electron chi connectivity index (χ2n) is 5.77. The van der Waals surface area contributed by atoms with Crippen molar-refractivity contribution in [2.75, 3.05) is 24.3 Å². The maximum absolute atomic E-state index is 12.5. The molecule has 2 aromatic carbocycles. The van der Waals surface area contributed by atoms with Crippen molar-refractivity contribution in [3.63, 3.8) is 0 Å². The highest BCUT2D eigenvalue weighted by Crippen LogP contribution is 2.28. The van der Waals surface area contributed by atoms with Gasteiger partial charge in [-0.1, -0.05) is 36.4 Å². The van der Waals surface area contributed by atoms with Gasteiger partial charge in [0.25, 0.3) is 0 Å². The van der Waals surface area contributed by atoms with Crippen molar-refractivity contribution in [3.8, 4) is 5.75 Å². The smallest absolute Gasteiger partial charge is 0.242 e. The molecule has 24 heavy (non-hydrogen) atoms. The number of hydrogen-bond donors (Lipinski definition) is 0. The second kappa shape index (κ2) is 6.65. The third-order valence-corrected chi connectivity index (χ3v) is 5.54. The number of amides is 1. The molecule has 1 aliphatic rings. The predicted molar refractivity (Wildman–Crippen MR) is 93.0 cm³/mol. The van der Waals surface area contributed by atoms with Crippen LogP contribution in [0.25, 0.3) is 0 Å². The molecule has 0 N–H and O–H groups in total. The van der Waals surface area contributed by atoms with E-state index in [1.54, 1.807) is 29.2 Å². The Labute approximate surface area is 141 Å². The molecule has 5 nitrogen and oxygen atoms in total. The van der Waals surface area contributed by atoms with Crippen molar-refractivity contribution in [1.82, 2.24) is 0 Å². The van der Waals surface area contributed by atoms with Crippen LogP contribution in [0.2, 0.25) is 0 Å². The lowest BCUT2D eigenvalue weighted by atomic mass is 10.2. The highest BCUT2D eigenvalue weighted by atomic mass is 32.2. The maximum atomic E-state index is 12.5. The molecule has 1 heterocycles. The summed E-state index contributed by atoms with van der Waals surface area (Å²) in [6.45, 7) is 0.530. The molecule has 0 saturated heterocycles. The van der Waals surface area contributed by atoms with Gasteiger partial charge in [-0.2, -0.15) is 0 Å². The van der Waals surface area contributed by atoms with E-state index in [1.807, 2.05) is 24.3 Å². The lowest BCUT2D eigenvalue weighted by Gasteiger charge is -2.17. The first-order chi connectivity index (χ1) is 11.5. The quantitative estimate of drug-likeness (QED) is 0.833. The number of hydrogen-bond acceptors (Lipinski definition) is 4. The minimum absolute atomic E-state index is 0.210. The largest absolute Gasteiger partial charge is 0.496 e. The molecule has 1 amide bonds. The average molecular weight is 345 g/mol. The first-order valence-electron chi connectivity index (χ1n) is 7.71. The third kappa shape index (κ3) is 3.43. The van der Waals surface area contributed by atoms with Crippen molar-refractivity contribution in [3.05, 3.63) is 59.7 Å². The third-order valence-electron chi connectivity index (χ3n) is 4.10. The molecule has 0 aromatic heterocycles. The van der Waals surface area contributed by atoms with E-state index in [9.17, 15) is 13.2 Å². The summed E-state index contributed by atoms with van der Waals surface area (Å²) in [4.78, 5) is 14.0. The van der Waals surface area contributed by atoms with Gasteiger partial charge >= 0.3 is 0 Å². The zero-order valence-corrected chi connectivity index (χ0v) is 14.3. The van der Waals surface area contributed by atoms with Crippen LogP contribution in [0, 0.1) is 0 Å². The average Bonchev–Trinajstić information content (AvgIpc) is 2.98. The Balaban J connectivity index is 1.74. The van der Waals surface area contributed by atoms with Gasteiger partial charge in [0, 0.05) is 17.8 Å². The molecule has 0 unspecified atom stereocenters. The normalized spacial score (nSPS) is 13.6. The molecule has 0 aliphatic carbocycles. The number of ether oxygens (including phenoxy) is 1. The number of fused-ring (bicyclic) bond motifs is 1. The van der Waals surface area contributed by atoms with Crippen LogP contribution < -0.4 is 9.64 Å². The summed E-state index contributed by atoms with van der Waals surface area (Å²) in [5, 5.41) is 0. The van der Waals surface area contributed by atoms with E-state index in [-0.39, 0.29) is 11.7 Å². The lowest BCUT2D eigenvalue weighted by Crippen LogP contribution is -2.34. The summed E-state index contributed by atoms with van der Waals surface area (Å²) < 4.78 is 30.1. The van der Waals surface area contributed by atoms with E-state index < -0.39 is 15.6 Å². The van der Waals surface area contributed by atoms with E-state index in [0.717, 1.165) is 17.7 Å². The van der Waals surface area contributed by atoms with Crippen molar-refractivity contribution >= 4 is 21.4 Å². The first-order valence-corrected chi connectivity index (χ1v) is 9.53. The number of para-hydroxylation sites is 2. The Morgan fingerprint density at radius 1 is 1.12 bits per heavy atom. The van der Waals surface area contributed by atoms with Crippen LogP contribution in [0.1, 0.15) is 11.1 Å². The summed E-state index contributed by atoms with van der Waals surface area (Å²) in [6, 6.07) is 14.5. The van der Waals surface area contributed by atoms with Crippen LogP contribution in [0.15, 0.2) is 48.5 Å². The van der Waals surface area contributed by atoms with E-state index in [4.69, 9.17) is 4.74 Å². The number of benzene rings is 2. The topological polar surface area (TPSA) is 63.7 Å². The number of nitrogens with zero attached hydrogens (tertiary/aromatic N) is 1. The zero-order valence-electron chi connectivity index (χ0n) is 13.4. The van der Waals surface area contributed by atoms with Gasteiger partial charge in [-0.05, 0) is 24.1 Å². The molecule has 0 fully saturated rings. The Hall–Kier alpha value is -2.34. The van der Waals surface area contributed by atoms with Gasteiger partial charge in [0.15, 0.2) is 9.84 Å². The highest BCUT2D eigenvalue weighted by molar-refractivity contribution is 7.91. The van der Waals surface area contributed by atoms with Gasteiger partial charge < -0.3 is 9.64 Å². The molecule has 0 saturated carbocycles. The first kappa shape index (κ1) is 16.5. The molecule has 0 bridgehead atoms. The number of carbonyl (C=O) groups excluding carboxylic acids is 1. The van der Waals surface area contributed by atoms with Crippen LogP contribution in [-0.2, 0) is 26.8 Å². The van der Waals surface area contributed by atoms with Crippen LogP contribution in [0.4, 0.5) is 5.69 Å². The standard InChI is InChI=1S/C18H19NO4S/c1-23-17-9-5-3-7-15(17)12-24(21,22)13-18(20)19-11-10-14-6-2-4-8-16(14)19/h2-9H,10-13H2,1H3. The summed E-state index contributed by atoms with van der Waals surface area (Å²) >= 11 is 0. The summed E-state index contributed by atoms with van der Waals surface area (Å²) in [6.07, 6.45) is 0.758. The van der Waals surface area contributed by atoms with Crippen molar-refractivity contribution in [1.29, 1.82) is 0 Å². The SMILES string of the molecule is COc1ccccc1CS(=O)(=O)CC(=O)N1CCc2ccccc21. The minimum atomic E-state index is -3.58. The van der Waals surface area contributed by atoms with Gasteiger partial charge in [-0.15, -0.1) is 0 Å². The maximum Gasteiger partial charge on any atom is 0.242 e. The lowest BCUT2D eigenvalue weighted by molar-refractivity contribution is -0.116. The molecular formula is C18H19NO4S. The molecule has 0 radical (unpaired) electrons. The summed E-state index contributed by atoms with van der Waals surface area (Å²) in [5.74, 6) is -0.577. The Kier molecular flexibility index (Phi) is 4.57. The van der Waals surface area contributed by atoms with Gasteiger partial charge in [0.1, 0.15) is 11.5 Å². The number of methoxy groups -OCH3 is 1. The number of rotatable bonds is 5. The van der Waals surface area contributed by atoms with Gasteiger partial charge in [0.05, 0.1) is 12.9 Å². The fourth-order valence-electron chi connectivity index (χ4n) is 2.97. The molecule has 2 aromatic rings. The number of carbonyl (C=O) groups is 1. The van der Waals surface area contributed by atoms with Crippen LogP contribution >= 0.6 is 0 Å². The molecule has 0 atom stereocenters. The van der Waals surface area contributed by atoms with Gasteiger partial charge in [-0.25, -0.2) is 8.42 Å². The monoisotopic (exact) mass is 345 g/mol. The van der Waals surface area contributed by atoms with Crippen molar-refractivity contribution < 1.29 is 17.9 Å².